The van der Waals surface area contributed by atoms with Gasteiger partial charge in [0.15, 0.2) is 0 Å². The highest BCUT2D eigenvalue weighted by molar-refractivity contribution is 7.89. The summed E-state index contributed by atoms with van der Waals surface area (Å²) in [5.41, 5.74) is 1.91. The van der Waals surface area contributed by atoms with Gasteiger partial charge >= 0.3 is 0 Å². The van der Waals surface area contributed by atoms with Gasteiger partial charge in [-0.25, -0.2) is 8.42 Å². The van der Waals surface area contributed by atoms with E-state index in [0.29, 0.717) is 11.3 Å². The molecule has 2 atom stereocenters. The fourth-order valence-corrected chi connectivity index (χ4v) is 4.13. The van der Waals surface area contributed by atoms with Crippen molar-refractivity contribution in [2.24, 2.45) is 0 Å². The Morgan fingerprint density at radius 2 is 1.79 bits per heavy atom. The van der Waals surface area contributed by atoms with Crippen LogP contribution in [-0.2, 0) is 21.2 Å². The summed E-state index contributed by atoms with van der Waals surface area (Å²) in [5, 5.41) is 2.87. The molecule has 0 saturated heterocycles. The Morgan fingerprint density at radius 3 is 2.39 bits per heavy atom. The van der Waals surface area contributed by atoms with E-state index in [2.05, 4.69) is 10.0 Å². The smallest absolute Gasteiger partial charge is 0.241 e. The van der Waals surface area contributed by atoms with Crippen LogP contribution in [-0.4, -0.2) is 33.5 Å². The van der Waals surface area contributed by atoms with Crippen LogP contribution in [0.2, 0.25) is 0 Å². The Labute approximate surface area is 167 Å². The lowest BCUT2D eigenvalue weighted by molar-refractivity contribution is -0.123. The highest BCUT2D eigenvalue weighted by Gasteiger charge is 2.23. The predicted octanol–water partition coefficient (Wildman–Crippen LogP) is 2.81. The fraction of sp³-hybridized carbons (Fsp3) is 0.381. The SMILES string of the molecule is COc1ccc(S(=O)(=O)N[C@H](C)C(=O)N[C@@H](C)CCc2ccccc2)cc1C. The normalized spacial score (nSPS) is 13.6. The highest BCUT2D eigenvalue weighted by Crippen LogP contribution is 2.21. The molecule has 0 heterocycles. The van der Waals surface area contributed by atoms with E-state index in [4.69, 9.17) is 4.74 Å². The monoisotopic (exact) mass is 404 g/mol. The summed E-state index contributed by atoms with van der Waals surface area (Å²) in [5.74, 6) is 0.256. The number of carbonyl (C=O) groups excluding carboxylic acids is 1. The second-order valence-electron chi connectivity index (χ2n) is 6.91. The Hall–Kier alpha value is -2.38. The maximum Gasteiger partial charge on any atom is 0.241 e. The van der Waals surface area contributed by atoms with Crippen LogP contribution >= 0.6 is 0 Å². The van der Waals surface area contributed by atoms with Crippen LogP contribution in [0, 0.1) is 6.92 Å². The number of carbonyl (C=O) groups is 1. The number of sulfonamides is 1. The average Bonchev–Trinajstić information content (AvgIpc) is 2.66. The van der Waals surface area contributed by atoms with E-state index in [1.807, 2.05) is 37.3 Å². The Kier molecular flexibility index (Phi) is 7.60. The molecule has 0 saturated carbocycles. The van der Waals surface area contributed by atoms with Gasteiger partial charge in [0.1, 0.15) is 5.75 Å². The molecule has 1 amide bonds. The van der Waals surface area contributed by atoms with Crippen molar-refractivity contribution in [3.8, 4) is 5.75 Å². The van der Waals surface area contributed by atoms with Gasteiger partial charge in [-0.1, -0.05) is 30.3 Å². The lowest BCUT2D eigenvalue weighted by atomic mass is 10.1. The van der Waals surface area contributed by atoms with Gasteiger partial charge in [-0.05, 0) is 62.9 Å². The summed E-state index contributed by atoms with van der Waals surface area (Å²) in [7, 11) is -2.28. The van der Waals surface area contributed by atoms with Gasteiger partial charge in [-0.3, -0.25) is 4.79 Å². The molecular formula is C21H28N2O4S. The Balaban J connectivity index is 1.92. The van der Waals surface area contributed by atoms with E-state index >= 15 is 0 Å². The first kappa shape index (κ1) is 21.9. The van der Waals surface area contributed by atoms with Crippen molar-refractivity contribution in [3.63, 3.8) is 0 Å². The third-order valence-corrected chi connectivity index (χ3v) is 6.04. The first-order valence-electron chi connectivity index (χ1n) is 9.24. The van der Waals surface area contributed by atoms with Gasteiger partial charge in [0.2, 0.25) is 15.9 Å². The zero-order valence-corrected chi connectivity index (χ0v) is 17.5. The molecule has 0 spiro atoms. The first-order chi connectivity index (χ1) is 13.2. The lowest BCUT2D eigenvalue weighted by Gasteiger charge is -2.19. The molecule has 0 aliphatic rings. The lowest BCUT2D eigenvalue weighted by Crippen LogP contribution is -2.47. The molecular weight excluding hydrogens is 376 g/mol. The van der Waals surface area contributed by atoms with Crippen LogP contribution in [0.1, 0.15) is 31.4 Å². The molecule has 152 valence electrons. The number of hydrogen-bond acceptors (Lipinski definition) is 4. The van der Waals surface area contributed by atoms with E-state index in [9.17, 15) is 13.2 Å². The molecule has 0 aliphatic carbocycles. The second-order valence-corrected chi connectivity index (χ2v) is 8.62. The molecule has 0 bridgehead atoms. The van der Waals surface area contributed by atoms with Crippen LogP contribution < -0.4 is 14.8 Å². The van der Waals surface area contributed by atoms with Crippen LogP contribution in [0.4, 0.5) is 0 Å². The third kappa shape index (κ3) is 6.07. The van der Waals surface area contributed by atoms with Gasteiger partial charge in [0.25, 0.3) is 0 Å². The molecule has 2 aromatic rings. The number of aryl methyl sites for hydroxylation is 2. The molecule has 0 unspecified atom stereocenters. The van der Waals surface area contributed by atoms with Crippen molar-refractivity contribution in [1.29, 1.82) is 0 Å². The molecule has 0 aliphatic heterocycles. The average molecular weight is 405 g/mol. The van der Waals surface area contributed by atoms with Crippen LogP contribution in [0.25, 0.3) is 0 Å². The summed E-state index contributed by atoms with van der Waals surface area (Å²) in [4.78, 5) is 12.5. The molecule has 28 heavy (non-hydrogen) atoms. The zero-order chi connectivity index (χ0) is 20.7. The summed E-state index contributed by atoms with van der Waals surface area (Å²) < 4.78 is 32.7. The fourth-order valence-electron chi connectivity index (χ4n) is 2.84. The van der Waals surface area contributed by atoms with Crippen LogP contribution in [0.15, 0.2) is 53.4 Å². The molecule has 0 fully saturated rings. The number of benzene rings is 2. The van der Waals surface area contributed by atoms with Crippen molar-refractivity contribution >= 4 is 15.9 Å². The quantitative estimate of drug-likeness (QED) is 0.673. The van der Waals surface area contributed by atoms with E-state index in [1.165, 1.54) is 31.7 Å². The second kappa shape index (κ2) is 9.71. The van der Waals surface area contributed by atoms with Crippen LogP contribution in [0.5, 0.6) is 5.75 Å². The van der Waals surface area contributed by atoms with Crippen molar-refractivity contribution < 1.29 is 17.9 Å². The zero-order valence-electron chi connectivity index (χ0n) is 16.7. The van der Waals surface area contributed by atoms with E-state index in [1.54, 1.807) is 13.0 Å². The minimum absolute atomic E-state index is 0.0668. The standard InChI is InChI=1S/C21H28N2O4S/c1-15-14-19(12-13-20(15)27-4)28(25,26)23-17(3)21(24)22-16(2)10-11-18-8-6-5-7-9-18/h5-9,12-14,16-17,23H,10-11H2,1-4H3,(H,22,24)/t16-,17+/m0/s1. The van der Waals surface area contributed by atoms with Gasteiger partial charge < -0.3 is 10.1 Å². The summed E-state index contributed by atoms with van der Waals surface area (Å²) >= 11 is 0. The van der Waals surface area contributed by atoms with Gasteiger partial charge in [-0.15, -0.1) is 0 Å². The van der Waals surface area contributed by atoms with Crippen molar-refractivity contribution in [3.05, 3.63) is 59.7 Å². The van der Waals surface area contributed by atoms with Crippen LogP contribution in [0.3, 0.4) is 0 Å². The predicted molar refractivity (Wildman–Crippen MR) is 110 cm³/mol. The van der Waals surface area contributed by atoms with Gasteiger partial charge in [0, 0.05) is 6.04 Å². The topological polar surface area (TPSA) is 84.5 Å². The first-order valence-corrected chi connectivity index (χ1v) is 10.7. The largest absolute Gasteiger partial charge is 0.496 e. The van der Waals surface area contributed by atoms with E-state index < -0.39 is 16.1 Å². The third-order valence-electron chi connectivity index (χ3n) is 4.50. The highest BCUT2D eigenvalue weighted by atomic mass is 32.2. The maximum atomic E-state index is 12.6. The molecule has 6 nitrogen and oxygen atoms in total. The van der Waals surface area contributed by atoms with E-state index in [-0.39, 0.29) is 16.8 Å². The summed E-state index contributed by atoms with van der Waals surface area (Å²) in [6.07, 6.45) is 1.61. The number of amides is 1. The summed E-state index contributed by atoms with van der Waals surface area (Å²) in [6.45, 7) is 5.21. The number of hydrogen-bond donors (Lipinski definition) is 2. The molecule has 0 radical (unpaired) electrons. The molecule has 7 heteroatoms. The number of ether oxygens (including phenoxy) is 1. The van der Waals surface area contributed by atoms with Crippen molar-refractivity contribution in [2.75, 3.05) is 7.11 Å². The summed E-state index contributed by atoms with van der Waals surface area (Å²) in [6, 6.07) is 13.6. The molecule has 2 aromatic carbocycles. The number of nitrogens with one attached hydrogen (secondary N) is 2. The molecule has 0 aromatic heterocycles. The Morgan fingerprint density at radius 1 is 1.11 bits per heavy atom. The van der Waals surface area contributed by atoms with Gasteiger partial charge in [0.05, 0.1) is 18.0 Å². The minimum Gasteiger partial charge on any atom is -0.496 e. The van der Waals surface area contributed by atoms with Crippen molar-refractivity contribution in [2.45, 2.75) is 50.6 Å². The van der Waals surface area contributed by atoms with E-state index in [0.717, 1.165) is 12.8 Å². The Bertz CT molecular complexity index is 898. The maximum absolute atomic E-state index is 12.6. The number of methoxy groups -OCH3 is 1. The minimum atomic E-state index is -3.81. The van der Waals surface area contributed by atoms with Gasteiger partial charge in [-0.2, -0.15) is 4.72 Å². The molecule has 2 N–H and O–H groups in total. The number of rotatable bonds is 9. The van der Waals surface area contributed by atoms with Crippen molar-refractivity contribution in [1.82, 2.24) is 10.0 Å². The molecule has 2 rings (SSSR count).